The Morgan fingerprint density at radius 1 is 0.592 bits per heavy atom. The topological polar surface area (TPSA) is 354 Å². The van der Waals surface area contributed by atoms with Crippen LogP contribution in [0.2, 0.25) is 0 Å². The standard InChI is InChI=1S/C54H90O22/c1-24(2)10-9-16-53(8,76-48-44(68)40(64)37(61)30(73-48)22-69-46-42(66)38(62)34(58)25(3)70-46)27-13-17-51(6)26(27)11-12-32-52(51,7)18-14-31-50(4,5)33(15-19-54(31,32)23-57)74-49-45(41(65)36(60)29(21-56)72-49)75-47-43(67)39(63)35(59)28(20-55)71-47/h10,23,25-49,55-56,58-68H,9,11-22H2,1-8H3/t25-,26+,27-,28-,29+,30-,31+,32+,33-,34-,35+,36-,37+,38-,39+,40+,41-,42-,43+,44+,45+,46-,47+,48+,49+,51-,52+,53-,54+/m0/s1. The highest BCUT2D eigenvalue weighted by atomic mass is 16.8. The summed E-state index contributed by atoms with van der Waals surface area (Å²) in [6, 6.07) is 0. The van der Waals surface area contributed by atoms with Gasteiger partial charge in [-0.3, -0.25) is 0 Å². The molecule has 22 nitrogen and oxygen atoms in total. The van der Waals surface area contributed by atoms with Crippen molar-refractivity contribution in [3.05, 3.63) is 11.6 Å². The number of fused-ring (bicyclic) bond motifs is 5. The summed E-state index contributed by atoms with van der Waals surface area (Å²) in [6.45, 7) is 14.5. The second-order valence-corrected chi connectivity index (χ2v) is 25.3. The van der Waals surface area contributed by atoms with Crippen LogP contribution in [-0.4, -0.2) is 227 Å². The minimum Gasteiger partial charge on any atom is -0.394 e. The molecule has 4 aliphatic carbocycles. The molecule has 0 aromatic heterocycles. The van der Waals surface area contributed by atoms with E-state index in [1.807, 2.05) is 20.8 Å². The predicted octanol–water partition coefficient (Wildman–Crippen LogP) is -0.967. The summed E-state index contributed by atoms with van der Waals surface area (Å²) in [5.74, 6) is -0.171. The maximum atomic E-state index is 14.2. The first kappa shape index (κ1) is 60.7. The average molecular weight is 1090 g/mol. The number of aldehydes is 1. The first-order valence-electron chi connectivity index (χ1n) is 27.7. The SMILES string of the molecule is CC(C)=CCC[C@](C)(O[C@H]1O[C@@H](CO[C@H]2O[C@@H](C)[C@H](O)[C@H](O)[C@@H]2O)[C@@H](O)[C@@H](O)[C@H]1O)[C@H]1CC[C@@]2(C)[C@@H]1CC[C@H]1[C@@]3(C=O)CC[C@H](O[C@H]4O[C@H](CO)[C@H](O)[C@H](O)[C@H]4O[C@H]4O[C@@H](CO)[C@@H](O)[C@@H](O)[C@H]4O)C(C)(C)[C@H]3CC[C@]12C. The maximum Gasteiger partial charge on any atom is 0.187 e. The van der Waals surface area contributed by atoms with Gasteiger partial charge in [0.1, 0.15) is 97.8 Å². The summed E-state index contributed by atoms with van der Waals surface area (Å²) in [4.78, 5) is 14.2. The molecule has 8 rings (SSSR count). The number of ether oxygens (including phenoxy) is 8. The lowest BCUT2D eigenvalue weighted by molar-refractivity contribution is -0.378. The molecule has 4 heterocycles. The van der Waals surface area contributed by atoms with Crippen molar-refractivity contribution in [2.24, 2.45) is 45.3 Å². The number of aliphatic hydroxyl groups excluding tert-OH is 13. The molecule has 0 amide bonds. The zero-order valence-corrected chi connectivity index (χ0v) is 45.3. The largest absolute Gasteiger partial charge is 0.394 e. The number of rotatable bonds is 16. The van der Waals surface area contributed by atoms with Gasteiger partial charge in [0.05, 0.1) is 37.6 Å². The molecule has 8 fully saturated rings. The Kier molecular flexibility index (Phi) is 18.4. The third-order valence-corrected chi connectivity index (χ3v) is 20.7. The molecule has 0 bridgehead atoms. The van der Waals surface area contributed by atoms with E-state index in [1.165, 1.54) is 13.2 Å². The lowest BCUT2D eigenvalue weighted by Crippen LogP contribution is -2.67. The van der Waals surface area contributed by atoms with E-state index in [-0.39, 0.29) is 34.5 Å². The van der Waals surface area contributed by atoms with Gasteiger partial charge in [-0.25, -0.2) is 0 Å². The second-order valence-electron chi connectivity index (χ2n) is 25.3. The highest BCUT2D eigenvalue weighted by Crippen LogP contribution is 2.76. The van der Waals surface area contributed by atoms with Crippen LogP contribution in [0.4, 0.5) is 0 Å². The van der Waals surface area contributed by atoms with Gasteiger partial charge in [0.25, 0.3) is 0 Å². The minimum atomic E-state index is -1.83. The molecule has 0 aromatic rings. The number of carbonyl (C=O) groups is 1. The zero-order chi connectivity index (χ0) is 55.8. The summed E-state index contributed by atoms with van der Waals surface area (Å²) in [5, 5.41) is 139. The molecule has 13 N–H and O–H groups in total. The maximum absolute atomic E-state index is 14.2. The van der Waals surface area contributed by atoms with Gasteiger partial charge in [-0.15, -0.1) is 0 Å². The number of aliphatic hydroxyl groups is 13. The lowest BCUT2D eigenvalue weighted by Gasteiger charge is -2.69. The van der Waals surface area contributed by atoms with Crippen LogP contribution in [0.5, 0.6) is 0 Å². The van der Waals surface area contributed by atoms with Crippen molar-refractivity contribution in [3.63, 3.8) is 0 Å². The summed E-state index contributed by atoms with van der Waals surface area (Å²) in [7, 11) is 0. The van der Waals surface area contributed by atoms with Gasteiger partial charge in [0.15, 0.2) is 25.2 Å². The number of allylic oxidation sites excluding steroid dienone is 2. The Hall–Kier alpha value is -1.43. The molecule has 0 radical (unpaired) electrons. The van der Waals surface area contributed by atoms with Gasteiger partial charge in [0.2, 0.25) is 0 Å². The van der Waals surface area contributed by atoms with Crippen LogP contribution in [0.1, 0.15) is 120 Å². The zero-order valence-electron chi connectivity index (χ0n) is 45.3. The molecule has 0 unspecified atom stereocenters. The predicted molar refractivity (Wildman–Crippen MR) is 264 cm³/mol. The monoisotopic (exact) mass is 1090 g/mol. The first-order chi connectivity index (χ1) is 35.7. The van der Waals surface area contributed by atoms with E-state index in [2.05, 4.69) is 33.8 Å². The van der Waals surface area contributed by atoms with Crippen LogP contribution in [0.3, 0.4) is 0 Å². The Bertz CT molecular complexity index is 1990. The highest BCUT2D eigenvalue weighted by molar-refractivity contribution is 5.62. The Morgan fingerprint density at radius 3 is 1.79 bits per heavy atom. The van der Waals surface area contributed by atoms with Crippen molar-refractivity contribution in [3.8, 4) is 0 Å². The molecule has 29 atom stereocenters. The van der Waals surface area contributed by atoms with Crippen molar-refractivity contribution in [2.75, 3.05) is 19.8 Å². The van der Waals surface area contributed by atoms with Gasteiger partial charge in [-0.1, -0.05) is 39.3 Å². The van der Waals surface area contributed by atoms with Gasteiger partial charge < -0.3 is 109 Å². The van der Waals surface area contributed by atoms with Crippen LogP contribution in [0, 0.1) is 45.3 Å². The molecule has 438 valence electrons. The highest BCUT2D eigenvalue weighted by Gasteiger charge is 2.72. The van der Waals surface area contributed by atoms with Crippen LogP contribution in [0.25, 0.3) is 0 Å². The fourth-order valence-corrected chi connectivity index (χ4v) is 16.0. The van der Waals surface area contributed by atoms with Crippen molar-refractivity contribution in [1.29, 1.82) is 0 Å². The molecule has 76 heavy (non-hydrogen) atoms. The fraction of sp³-hybridized carbons (Fsp3) is 0.944. The molecule has 4 saturated carbocycles. The average Bonchev–Trinajstić information content (AvgIpc) is 3.90. The molecule has 4 saturated heterocycles. The van der Waals surface area contributed by atoms with Crippen molar-refractivity contribution in [2.45, 2.75) is 254 Å². The van der Waals surface area contributed by atoms with Crippen molar-refractivity contribution >= 4 is 6.29 Å². The van der Waals surface area contributed by atoms with E-state index in [1.54, 1.807) is 0 Å². The van der Waals surface area contributed by atoms with E-state index >= 15 is 0 Å². The molecule has 0 aromatic carbocycles. The Labute approximate surface area is 445 Å². The second kappa shape index (κ2) is 23.1. The van der Waals surface area contributed by atoms with Crippen LogP contribution >= 0.6 is 0 Å². The van der Waals surface area contributed by atoms with E-state index in [9.17, 15) is 71.2 Å². The molecule has 8 aliphatic rings. The Balaban J connectivity index is 1.01. The summed E-state index contributed by atoms with van der Waals surface area (Å²) in [6.07, 6.45) is -21.1. The number of hydrogen-bond donors (Lipinski definition) is 13. The fourth-order valence-electron chi connectivity index (χ4n) is 16.0. The number of hydrogen-bond acceptors (Lipinski definition) is 22. The molecule has 4 aliphatic heterocycles. The summed E-state index contributed by atoms with van der Waals surface area (Å²) >= 11 is 0. The molecular formula is C54H90O22. The molecule has 0 spiro atoms. The van der Waals surface area contributed by atoms with Gasteiger partial charge in [-0.2, -0.15) is 0 Å². The quantitative estimate of drug-likeness (QED) is 0.0503. The normalized spacial score (nSPS) is 52.1. The summed E-state index contributed by atoms with van der Waals surface area (Å²) < 4.78 is 49.1. The van der Waals surface area contributed by atoms with Crippen LogP contribution < -0.4 is 0 Å². The van der Waals surface area contributed by atoms with Gasteiger partial charge >= 0.3 is 0 Å². The number of carbonyl (C=O) groups excluding carboxylic acids is 1. The minimum absolute atomic E-state index is 0.0295. The van der Waals surface area contributed by atoms with E-state index < -0.39 is 165 Å². The first-order valence-corrected chi connectivity index (χ1v) is 27.7. The smallest absolute Gasteiger partial charge is 0.187 e. The van der Waals surface area contributed by atoms with Crippen molar-refractivity contribution in [1.82, 2.24) is 0 Å². The third kappa shape index (κ3) is 10.5. The third-order valence-electron chi connectivity index (χ3n) is 20.7. The lowest BCUT2D eigenvalue weighted by atomic mass is 9.35. The molecular weight excluding hydrogens is 1000 g/mol. The van der Waals surface area contributed by atoms with E-state index in [4.69, 9.17) is 37.9 Å². The van der Waals surface area contributed by atoms with E-state index in [0.717, 1.165) is 37.7 Å². The van der Waals surface area contributed by atoms with E-state index in [0.29, 0.717) is 32.1 Å². The van der Waals surface area contributed by atoms with Crippen molar-refractivity contribution < 1.29 is 109 Å². The van der Waals surface area contributed by atoms with Gasteiger partial charge in [-0.05, 0) is 132 Å². The van der Waals surface area contributed by atoms with Crippen LogP contribution in [-0.2, 0) is 42.7 Å². The van der Waals surface area contributed by atoms with Gasteiger partial charge in [0, 0.05) is 5.41 Å². The Morgan fingerprint density at radius 2 is 1.16 bits per heavy atom. The van der Waals surface area contributed by atoms with Crippen LogP contribution in [0.15, 0.2) is 11.6 Å². The molecule has 22 heteroatoms. The summed E-state index contributed by atoms with van der Waals surface area (Å²) in [5.41, 5.74) is -1.89.